The van der Waals surface area contributed by atoms with E-state index >= 15 is 0 Å². The molecule has 9 heteroatoms. The first-order chi connectivity index (χ1) is 12.9. The van der Waals surface area contributed by atoms with E-state index in [0.29, 0.717) is 29.9 Å². The van der Waals surface area contributed by atoms with Crippen molar-refractivity contribution in [2.24, 2.45) is 0 Å². The number of sulfonamides is 1. The molecule has 0 saturated carbocycles. The van der Waals surface area contributed by atoms with Gasteiger partial charge in [0.2, 0.25) is 10.0 Å². The predicted octanol–water partition coefficient (Wildman–Crippen LogP) is 2.16. The highest BCUT2D eigenvalue weighted by molar-refractivity contribution is 7.92. The number of nitrogens with one attached hydrogen (secondary N) is 1. The molecule has 1 saturated heterocycles. The summed E-state index contributed by atoms with van der Waals surface area (Å²) >= 11 is 0. The second-order valence-corrected chi connectivity index (χ2v) is 8.82. The molecule has 1 unspecified atom stereocenters. The van der Waals surface area contributed by atoms with E-state index in [0.717, 1.165) is 31.4 Å². The number of rotatable bonds is 4. The molecule has 144 valence electrons. The lowest BCUT2D eigenvalue weighted by Gasteiger charge is -2.22. The van der Waals surface area contributed by atoms with E-state index in [1.165, 1.54) is 10.6 Å². The first kappa shape index (κ1) is 18.0. The number of hydrogen-bond acceptors (Lipinski definition) is 5. The lowest BCUT2D eigenvalue weighted by atomic mass is 10.1. The lowest BCUT2D eigenvalue weighted by Crippen LogP contribution is -2.27. The summed E-state index contributed by atoms with van der Waals surface area (Å²) < 4.78 is 32.4. The van der Waals surface area contributed by atoms with Crippen LogP contribution in [0.5, 0.6) is 0 Å². The van der Waals surface area contributed by atoms with E-state index in [2.05, 4.69) is 10.4 Å². The third kappa shape index (κ3) is 3.70. The van der Waals surface area contributed by atoms with E-state index in [1.54, 1.807) is 35.3 Å². The largest absolute Gasteiger partial charge is 0.357 e. The van der Waals surface area contributed by atoms with Gasteiger partial charge in [0.25, 0.3) is 5.91 Å². The number of hydrogen-bond donors (Lipinski definition) is 1. The molecule has 27 heavy (non-hydrogen) atoms. The van der Waals surface area contributed by atoms with Crippen molar-refractivity contribution in [1.29, 1.82) is 0 Å². The van der Waals surface area contributed by atoms with Crippen LogP contribution in [0, 0.1) is 0 Å². The summed E-state index contributed by atoms with van der Waals surface area (Å²) in [7, 11) is -3.30. The second kappa shape index (κ2) is 6.97. The van der Waals surface area contributed by atoms with E-state index in [4.69, 9.17) is 4.74 Å². The molecule has 1 N–H and O–H groups in total. The summed E-state index contributed by atoms with van der Waals surface area (Å²) in [4.78, 5) is 12.6. The molecule has 8 nitrogen and oxygen atoms in total. The fourth-order valence-corrected chi connectivity index (χ4v) is 4.51. The number of nitrogens with zero attached hydrogens (tertiary/aromatic N) is 3. The molecule has 1 fully saturated rings. The quantitative estimate of drug-likeness (QED) is 0.863. The average molecular weight is 390 g/mol. The van der Waals surface area contributed by atoms with Gasteiger partial charge in [0.15, 0.2) is 0 Å². The van der Waals surface area contributed by atoms with Crippen molar-refractivity contribution >= 4 is 27.3 Å². The van der Waals surface area contributed by atoms with Gasteiger partial charge in [0, 0.05) is 18.7 Å². The van der Waals surface area contributed by atoms with Crippen LogP contribution in [-0.4, -0.2) is 43.5 Å². The Morgan fingerprint density at radius 1 is 1.33 bits per heavy atom. The van der Waals surface area contributed by atoms with Gasteiger partial charge >= 0.3 is 0 Å². The minimum absolute atomic E-state index is 0.0774. The van der Waals surface area contributed by atoms with Gasteiger partial charge in [-0.15, -0.1) is 0 Å². The monoisotopic (exact) mass is 390 g/mol. The van der Waals surface area contributed by atoms with Crippen molar-refractivity contribution in [2.45, 2.75) is 31.9 Å². The van der Waals surface area contributed by atoms with Crippen molar-refractivity contribution in [3.63, 3.8) is 0 Å². The minimum atomic E-state index is -3.30. The summed E-state index contributed by atoms with van der Waals surface area (Å²) in [5, 5.41) is 7.13. The highest BCUT2D eigenvalue weighted by Gasteiger charge is 2.27. The van der Waals surface area contributed by atoms with E-state index < -0.39 is 10.0 Å². The Balaban J connectivity index is 1.47. The maximum Gasteiger partial charge on any atom is 0.255 e. The molecule has 0 radical (unpaired) electrons. The van der Waals surface area contributed by atoms with E-state index in [1.807, 2.05) is 0 Å². The Kier molecular flexibility index (Phi) is 4.65. The Morgan fingerprint density at radius 3 is 2.93 bits per heavy atom. The molecular weight excluding hydrogens is 368 g/mol. The molecule has 0 spiro atoms. The third-order valence-electron chi connectivity index (χ3n) is 4.91. The van der Waals surface area contributed by atoms with Crippen LogP contribution >= 0.6 is 0 Å². The first-order valence-electron chi connectivity index (χ1n) is 8.99. The zero-order chi connectivity index (χ0) is 19.0. The number of amides is 1. The van der Waals surface area contributed by atoms with Gasteiger partial charge in [0.05, 0.1) is 30.0 Å². The standard InChI is InChI=1S/C18H22N4O4S/c1-27(24,25)22-8-7-13-10-14(5-6-16(13)22)18(23)20-15-11-19-21(12-15)17-4-2-3-9-26-17/h5-6,10-12,17H,2-4,7-9H2,1H3,(H,20,23). The van der Waals surface area contributed by atoms with Gasteiger partial charge in [-0.25, -0.2) is 13.1 Å². The lowest BCUT2D eigenvalue weighted by molar-refractivity contribution is -0.0394. The third-order valence-corrected chi connectivity index (χ3v) is 6.08. The molecule has 2 aromatic rings. The van der Waals surface area contributed by atoms with Gasteiger partial charge in [-0.3, -0.25) is 9.10 Å². The Bertz CT molecular complexity index is 963. The highest BCUT2D eigenvalue weighted by Crippen LogP contribution is 2.31. The molecule has 2 aliphatic heterocycles. The molecular formula is C18H22N4O4S. The molecule has 0 aliphatic carbocycles. The number of benzene rings is 1. The van der Waals surface area contributed by atoms with Crippen LogP contribution in [0.1, 0.15) is 41.4 Å². The van der Waals surface area contributed by atoms with E-state index in [9.17, 15) is 13.2 Å². The van der Waals surface area contributed by atoms with Crippen LogP contribution in [0.2, 0.25) is 0 Å². The van der Waals surface area contributed by atoms with Crippen molar-refractivity contribution in [3.8, 4) is 0 Å². The summed E-state index contributed by atoms with van der Waals surface area (Å²) in [6.45, 7) is 1.14. The van der Waals surface area contributed by atoms with Gasteiger partial charge < -0.3 is 10.1 Å². The minimum Gasteiger partial charge on any atom is -0.357 e. The van der Waals surface area contributed by atoms with Crippen molar-refractivity contribution < 1.29 is 17.9 Å². The number of ether oxygens (including phenoxy) is 1. The van der Waals surface area contributed by atoms with Crippen LogP contribution in [-0.2, 0) is 21.2 Å². The fourth-order valence-electron chi connectivity index (χ4n) is 3.55. The van der Waals surface area contributed by atoms with Crippen molar-refractivity contribution in [1.82, 2.24) is 9.78 Å². The predicted molar refractivity (Wildman–Crippen MR) is 101 cm³/mol. The van der Waals surface area contributed by atoms with Crippen LogP contribution in [0.15, 0.2) is 30.6 Å². The van der Waals surface area contributed by atoms with Gasteiger partial charge in [-0.05, 0) is 49.4 Å². The Hall–Kier alpha value is -2.39. The maximum absolute atomic E-state index is 12.6. The molecule has 4 rings (SSSR count). The normalized spacial score (nSPS) is 19.7. The van der Waals surface area contributed by atoms with Crippen LogP contribution < -0.4 is 9.62 Å². The molecule has 0 bridgehead atoms. The zero-order valence-corrected chi connectivity index (χ0v) is 15.9. The van der Waals surface area contributed by atoms with Gasteiger partial charge in [-0.1, -0.05) is 0 Å². The van der Waals surface area contributed by atoms with Crippen LogP contribution in [0.4, 0.5) is 11.4 Å². The molecule has 1 aromatic carbocycles. The van der Waals surface area contributed by atoms with Crippen molar-refractivity contribution in [3.05, 3.63) is 41.7 Å². The first-order valence-corrected chi connectivity index (χ1v) is 10.8. The molecule has 1 amide bonds. The number of anilines is 2. The summed E-state index contributed by atoms with van der Waals surface area (Å²) in [5.41, 5.74) is 2.61. The Labute approximate surface area is 158 Å². The zero-order valence-electron chi connectivity index (χ0n) is 15.1. The molecule has 2 aliphatic rings. The average Bonchev–Trinajstić information content (AvgIpc) is 3.28. The van der Waals surface area contributed by atoms with Crippen LogP contribution in [0.25, 0.3) is 0 Å². The smallest absolute Gasteiger partial charge is 0.255 e. The second-order valence-electron chi connectivity index (χ2n) is 6.91. The number of carbonyl (C=O) groups is 1. The summed E-state index contributed by atoms with van der Waals surface area (Å²) in [6, 6.07) is 5.09. The number of carbonyl (C=O) groups excluding carboxylic acids is 1. The van der Waals surface area contributed by atoms with Gasteiger partial charge in [-0.2, -0.15) is 5.10 Å². The SMILES string of the molecule is CS(=O)(=O)N1CCc2cc(C(=O)Nc3cnn(C4CCCCO4)c3)ccc21. The van der Waals surface area contributed by atoms with E-state index in [-0.39, 0.29) is 12.1 Å². The highest BCUT2D eigenvalue weighted by atomic mass is 32.2. The number of aromatic nitrogens is 2. The molecule has 1 aromatic heterocycles. The Morgan fingerprint density at radius 2 is 2.19 bits per heavy atom. The maximum atomic E-state index is 12.6. The van der Waals surface area contributed by atoms with Crippen LogP contribution in [0.3, 0.4) is 0 Å². The fraction of sp³-hybridized carbons (Fsp3) is 0.444. The van der Waals surface area contributed by atoms with Gasteiger partial charge in [0.1, 0.15) is 6.23 Å². The molecule has 1 atom stereocenters. The number of fused-ring (bicyclic) bond motifs is 1. The summed E-state index contributed by atoms with van der Waals surface area (Å²) in [5.74, 6) is -0.250. The topological polar surface area (TPSA) is 93.5 Å². The molecule has 3 heterocycles. The van der Waals surface area contributed by atoms with Crippen molar-refractivity contribution in [2.75, 3.05) is 29.0 Å². The summed E-state index contributed by atoms with van der Waals surface area (Å²) in [6.07, 6.45) is 8.17.